The van der Waals surface area contributed by atoms with Crippen LogP contribution >= 0.6 is 11.3 Å². The molecule has 1 aliphatic heterocycles. The minimum Gasteiger partial charge on any atom is -0.419 e. The van der Waals surface area contributed by atoms with Crippen LogP contribution in [0.2, 0.25) is 0 Å². The van der Waals surface area contributed by atoms with Crippen LogP contribution in [0.5, 0.6) is 0 Å². The number of piperazine rings is 1. The third-order valence-corrected chi connectivity index (χ3v) is 6.74. The van der Waals surface area contributed by atoms with E-state index >= 15 is 0 Å². The van der Waals surface area contributed by atoms with E-state index in [1.165, 1.54) is 15.3 Å². The van der Waals surface area contributed by atoms with E-state index in [-0.39, 0.29) is 6.04 Å². The molecule has 0 aliphatic carbocycles. The van der Waals surface area contributed by atoms with Gasteiger partial charge < -0.3 is 4.42 Å². The van der Waals surface area contributed by atoms with Crippen LogP contribution in [0.1, 0.15) is 29.4 Å². The van der Waals surface area contributed by atoms with Gasteiger partial charge in [-0.1, -0.05) is 29.8 Å². The molecule has 154 valence electrons. The molecule has 0 N–H and O–H groups in total. The van der Waals surface area contributed by atoms with Crippen LogP contribution in [-0.4, -0.2) is 51.2 Å². The summed E-state index contributed by atoms with van der Waals surface area (Å²) >= 11 is 1.80. The number of thiazole rings is 1. The molecule has 0 spiro atoms. The number of aryl methyl sites for hydroxylation is 1. The molecule has 0 bridgehead atoms. The molecule has 1 atom stereocenters. The summed E-state index contributed by atoms with van der Waals surface area (Å²) in [5.74, 6) is 1.28. The highest BCUT2D eigenvalue weighted by Crippen LogP contribution is 2.26. The van der Waals surface area contributed by atoms with E-state index in [2.05, 4.69) is 64.2 Å². The van der Waals surface area contributed by atoms with Crippen molar-refractivity contribution in [2.45, 2.75) is 26.4 Å². The average molecular weight is 420 g/mol. The fourth-order valence-electron chi connectivity index (χ4n) is 3.94. The van der Waals surface area contributed by atoms with E-state index in [1.807, 2.05) is 18.2 Å². The average Bonchev–Trinajstić information content (AvgIpc) is 3.41. The largest absolute Gasteiger partial charge is 0.419 e. The minimum absolute atomic E-state index is 0.112. The maximum Gasteiger partial charge on any atom is 0.247 e. The number of hydrogen-bond donors (Lipinski definition) is 0. The highest BCUT2D eigenvalue weighted by atomic mass is 32.1. The van der Waals surface area contributed by atoms with Crippen molar-refractivity contribution in [2.24, 2.45) is 0 Å². The van der Waals surface area contributed by atoms with Gasteiger partial charge in [0.1, 0.15) is 5.01 Å². The van der Waals surface area contributed by atoms with E-state index in [0.29, 0.717) is 11.8 Å². The Balaban J connectivity index is 1.20. The van der Waals surface area contributed by atoms with Gasteiger partial charge in [-0.2, -0.15) is 0 Å². The summed E-state index contributed by atoms with van der Waals surface area (Å²) in [6, 6.07) is 16.6. The maximum atomic E-state index is 6.01. The molecule has 1 saturated heterocycles. The number of fused-ring (bicyclic) bond motifs is 1. The van der Waals surface area contributed by atoms with Gasteiger partial charge in [0.15, 0.2) is 0 Å². The van der Waals surface area contributed by atoms with Gasteiger partial charge in [0.2, 0.25) is 11.8 Å². The Morgan fingerprint density at radius 2 is 1.87 bits per heavy atom. The second-order valence-electron chi connectivity index (χ2n) is 7.88. The Labute approximate surface area is 180 Å². The summed E-state index contributed by atoms with van der Waals surface area (Å²) in [6.07, 6.45) is 0. The highest BCUT2D eigenvalue weighted by molar-refractivity contribution is 7.18. The normalized spacial score (nSPS) is 16.9. The van der Waals surface area contributed by atoms with Crippen molar-refractivity contribution in [1.82, 2.24) is 25.0 Å². The Hall–Kier alpha value is -2.61. The van der Waals surface area contributed by atoms with Crippen LogP contribution in [0, 0.1) is 6.92 Å². The molecule has 6 nitrogen and oxygen atoms in total. The van der Waals surface area contributed by atoms with Crippen molar-refractivity contribution >= 4 is 21.6 Å². The van der Waals surface area contributed by atoms with E-state index in [4.69, 9.17) is 9.40 Å². The molecule has 30 heavy (non-hydrogen) atoms. The Kier molecular flexibility index (Phi) is 5.33. The van der Waals surface area contributed by atoms with Crippen molar-refractivity contribution < 1.29 is 4.42 Å². The van der Waals surface area contributed by atoms with Gasteiger partial charge in [-0.25, -0.2) is 4.98 Å². The lowest BCUT2D eigenvalue weighted by molar-refractivity contribution is 0.0876. The van der Waals surface area contributed by atoms with Gasteiger partial charge in [-0.3, -0.25) is 9.80 Å². The molecular formula is C23H25N5OS. The van der Waals surface area contributed by atoms with Gasteiger partial charge in [0, 0.05) is 31.7 Å². The zero-order chi connectivity index (χ0) is 20.5. The molecule has 2 aromatic carbocycles. The quantitative estimate of drug-likeness (QED) is 0.474. The predicted octanol–water partition coefficient (Wildman–Crippen LogP) is 4.53. The second kappa shape index (κ2) is 8.26. The topological polar surface area (TPSA) is 58.3 Å². The third-order valence-electron chi connectivity index (χ3n) is 5.71. The third kappa shape index (κ3) is 4.01. The van der Waals surface area contributed by atoms with Crippen molar-refractivity contribution in [1.29, 1.82) is 0 Å². The van der Waals surface area contributed by atoms with E-state index in [9.17, 15) is 0 Å². The molecule has 5 rings (SSSR count). The lowest BCUT2D eigenvalue weighted by Gasteiger charge is -2.36. The number of para-hydroxylation sites is 1. The number of aromatic nitrogens is 3. The molecule has 3 heterocycles. The summed E-state index contributed by atoms with van der Waals surface area (Å²) < 4.78 is 7.27. The van der Waals surface area contributed by atoms with Crippen LogP contribution in [0.3, 0.4) is 0 Å². The van der Waals surface area contributed by atoms with Crippen molar-refractivity contribution in [3.05, 3.63) is 65.0 Å². The number of nitrogens with zero attached hydrogens (tertiary/aromatic N) is 5. The summed E-state index contributed by atoms with van der Waals surface area (Å²) in [6.45, 7) is 9.12. The first-order valence-electron chi connectivity index (χ1n) is 10.4. The lowest BCUT2D eigenvalue weighted by atomic mass is 10.1. The van der Waals surface area contributed by atoms with Crippen LogP contribution in [0.25, 0.3) is 21.7 Å². The van der Waals surface area contributed by atoms with Crippen LogP contribution in [0.15, 0.2) is 52.9 Å². The SMILES string of the molecule is Cc1cccc(-c2nnc([C@H](C)N3CCN(Cc4nc5ccccc5s4)CC3)o2)c1. The van der Waals surface area contributed by atoms with Gasteiger partial charge >= 0.3 is 0 Å². The molecule has 1 fully saturated rings. The zero-order valence-corrected chi connectivity index (χ0v) is 18.1. The fourth-order valence-corrected chi connectivity index (χ4v) is 4.95. The first kappa shape index (κ1) is 19.4. The smallest absolute Gasteiger partial charge is 0.247 e. The van der Waals surface area contributed by atoms with E-state index in [1.54, 1.807) is 11.3 Å². The number of rotatable bonds is 5. The van der Waals surface area contributed by atoms with Crippen molar-refractivity contribution in [3.8, 4) is 11.5 Å². The van der Waals surface area contributed by atoms with Gasteiger partial charge in [-0.15, -0.1) is 21.5 Å². The summed E-state index contributed by atoms with van der Waals surface area (Å²) in [7, 11) is 0. The van der Waals surface area contributed by atoms with Gasteiger partial charge in [0.25, 0.3) is 0 Å². The summed E-state index contributed by atoms with van der Waals surface area (Å²) in [5.41, 5.74) is 3.26. The first-order chi connectivity index (χ1) is 14.7. The number of benzene rings is 2. The van der Waals surface area contributed by atoms with Crippen molar-refractivity contribution in [3.63, 3.8) is 0 Å². The molecular weight excluding hydrogens is 394 g/mol. The molecule has 0 amide bonds. The second-order valence-corrected chi connectivity index (χ2v) is 8.99. The summed E-state index contributed by atoms with van der Waals surface area (Å²) in [5, 5.41) is 9.79. The number of hydrogen-bond acceptors (Lipinski definition) is 7. The van der Waals surface area contributed by atoms with Crippen LogP contribution < -0.4 is 0 Å². The van der Waals surface area contributed by atoms with Gasteiger partial charge in [-0.05, 0) is 38.1 Å². The molecule has 4 aromatic rings. The van der Waals surface area contributed by atoms with Crippen LogP contribution in [0.4, 0.5) is 0 Å². The lowest BCUT2D eigenvalue weighted by Crippen LogP contribution is -2.46. The standard InChI is InChI=1S/C23H25N5OS/c1-16-6-5-7-18(14-16)23-26-25-22(29-23)17(2)28-12-10-27(11-13-28)15-21-24-19-8-3-4-9-20(19)30-21/h3-9,14,17H,10-13,15H2,1-2H3/t17-/m0/s1. The Bertz CT molecular complexity index is 1110. The molecule has 7 heteroatoms. The Morgan fingerprint density at radius 3 is 2.67 bits per heavy atom. The fraction of sp³-hybridized carbons (Fsp3) is 0.348. The Morgan fingerprint density at radius 1 is 1.03 bits per heavy atom. The van der Waals surface area contributed by atoms with E-state index < -0.39 is 0 Å². The first-order valence-corrected chi connectivity index (χ1v) is 11.2. The molecule has 0 saturated carbocycles. The highest BCUT2D eigenvalue weighted by Gasteiger charge is 2.26. The maximum absolute atomic E-state index is 6.01. The zero-order valence-electron chi connectivity index (χ0n) is 17.3. The monoisotopic (exact) mass is 419 g/mol. The van der Waals surface area contributed by atoms with Gasteiger partial charge in [0.05, 0.1) is 22.8 Å². The van der Waals surface area contributed by atoms with Crippen molar-refractivity contribution in [2.75, 3.05) is 26.2 Å². The summed E-state index contributed by atoms with van der Waals surface area (Å²) in [4.78, 5) is 9.67. The van der Waals surface area contributed by atoms with E-state index in [0.717, 1.165) is 43.8 Å². The molecule has 2 aromatic heterocycles. The minimum atomic E-state index is 0.112. The molecule has 0 unspecified atom stereocenters. The molecule has 0 radical (unpaired) electrons. The predicted molar refractivity (Wildman–Crippen MR) is 119 cm³/mol. The van der Waals surface area contributed by atoms with Crippen LogP contribution in [-0.2, 0) is 6.54 Å². The molecule has 1 aliphatic rings.